The van der Waals surface area contributed by atoms with Crippen LogP contribution in [0.3, 0.4) is 0 Å². The van der Waals surface area contributed by atoms with Crippen molar-refractivity contribution in [3.8, 4) is 0 Å². The molecule has 2 aromatic rings. The van der Waals surface area contributed by atoms with Gasteiger partial charge in [-0.1, -0.05) is 6.07 Å². The Morgan fingerprint density at radius 2 is 1.63 bits per heavy atom. The predicted octanol–water partition coefficient (Wildman–Crippen LogP) is 1.34. The number of halogens is 1. The zero-order valence-corrected chi connectivity index (χ0v) is 10.4. The number of nitrogens with zero attached hydrogens (tertiary/aromatic N) is 5. The zero-order chi connectivity index (χ0) is 13.1. The second-order valence-corrected chi connectivity index (χ2v) is 4.36. The molecule has 0 saturated carbocycles. The van der Waals surface area contributed by atoms with Crippen molar-refractivity contribution in [3.63, 3.8) is 0 Å². The topological polar surface area (TPSA) is 45.2 Å². The Labute approximate surface area is 110 Å². The van der Waals surface area contributed by atoms with Crippen molar-refractivity contribution in [2.75, 3.05) is 36.0 Å². The summed E-state index contributed by atoms with van der Waals surface area (Å²) in [4.78, 5) is 16.2. The maximum Gasteiger partial charge on any atom is 0.218 e. The van der Waals surface area contributed by atoms with Gasteiger partial charge in [-0.2, -0.15) is 4.39 Å². The average molecular weight is 259 g/mol. The largest absolute Gasteiger partial charge is 0.353 e. The lowest BCUT2D eigenvalue weighted by molar-refractivity contribution is 0.574. The van der Waals surface area contributed by atoms with E-state index in [-0.39, 0.29) is 0 Å². The fourth-order valence-electron chi connectivity index (χ4n) is 2.20. The van der Waals surface area contributed by atoms with Gasteiger partial charge in [0.1, 0.15) is 18.0 Å². The molecule has 0 atom stereocenters. The minimum atomic E-state index is -0.489. The number of hydrogen-bond donors (Lipinski definition) is 0. The molecule has 0 bridgehead atoms. The standard InChI is InChI=1S/C13H14FN5/c14-11-9-13(17-10-16-11)19-7-5-18(6-8-19)12-3-1-2-4-15-12/h1-4,9-10H,5-8H2. The maximum absolute atomic E-state index is 13.1. The summed E-state index contributed by atoms with van der Waals surface area (Å²) in [6.45, 7) is 3.30. The molecule has 5 nitrogen and oxygen atoms in total. The molecule has 19 heavy (non-hydrogen) atoms. The van der Waals surface area contributed by atoms with E-state index < -0.39 is 5.95 Å². The third-order valence-electron chi connectivity index (χ3n) is 3.20. The third kappa shape index (κ3) is 2.62. The van der Waals surface area contributed by atoms with Crippen molar-refractivity contribution >= 4 is 11.6 Å². The van der Waals surface area contributed by atoms with Crippen LogP contribution < -0.4 is 9.80 Å². The van der Waals surface area contributed by atoms with Crippen LogP contribution in [0.25, 0.3) is 0 Å². The first-order chi connectivity index (χ1) is 9.33. The van der Waals surface area contributed by atoms with Gasteiger partial charge in [0.15, 0.2) is 0 Å². The molecule has 2 aromatic heterocycles. The summed E-state index contributed by atoms with van der Waals surface area (Å²) in [5.74, 6) is 1.14. The molecule has 1 aliphatic heterocycles. The van der Waals surface area contributed by atoms with Crippen LogP contribution in [0.2, 0.25) is 0 Å². The number of piperazine rings is 1. The third-order valence-corrected chi connectivity index (χ3v) is 3.20. The van der Waals surface area contributed by atoms with Gasteiger partial charge in [-0.15, -0.1) is 0 Å². The highest BCUT2D eigenvalue weighted by Gasteiger charge is 2.19. The highest BCUT2D eigenvalue weighted by Crippen LogP contribution is 2.16. The van der Waals surface area contributed by atoms with E-state index in [4.69, 9.17) is 0 Å². The lowest BCUT2D eigenvalue weighted by Crippen LogP contribution is -2.47. The van der Waals surface area contributed by atoms with Gasteiger partial charge in [0.2, 0.25) is 5.95 Å². The molecule has 1 aliphatic rings. The Kier molecular flexibility index (Phi) is 3.22. The first-order valence-corrected chi connectivity index (χ1v) is 6.21. The molecular formula is C13H14FN5. The molecule has 1 fully saturated rings. The normalized spacial score (nSPS) is 15.6. The lowest BCUT2D eigenvalue weighted by Gasteiger charge is -2.35. The molecule has 0 spiro atoms. The van der Waals surface area contributed by atoms with E-state index in [1.165, 1.54) is 12.4 Å². The summed E-state index contributed by atoms with van der Waals surface area (Å²) in [5, 5.41) is 0. The monoisotopic (exact) mass is 259 g/mol. The SMILES string of the molecule is Fc1cc(N2CCN(c3ccccn3)CC2)ncn1. The molecule has 0 aliphatic carbocycles. The van der Waals surface area contributed by atoms with E-state index in [9.17, 15) is 4.39 Å². The Hall–Kier alpha value is -2.24. The van der Waals surface area contributed by atoms with Crippen molar-refractivity contribution in [1.82, 2.24) is 15.0 Å². The number of anilines is 2. The first kappa shape index (κ1) is 11.8. The number of hydrogen-bond acceptors (Lipinski definition) is 5. The van der Waals surface area contributed by atoms with Gasteiger partial charge in [0.25, 0.3) is 0 Å². The smallest absolute Gasteiger partial charge is 0.218 e. The van der Waals surface area contributed by atoms with Gasteiger partial charge in [-0.3, -0.25) is 0 Å². The van der Waals surface area contributed by atoms with Gasteiger partial charge in [0.05, 0.1) is 0 Å². The van der Waals surface area contributed by atoms with Crippen LogP contribution in [0.5, 0.6) is 0 Å². The predicted molar refractivity (Wildman–Crippen MR) is 70.7 cm³/mol. The molecule has 0 amide bonds. The summed E-state index contributed by atoms with van der Waals surface area (Å²) in [6, 6.07) is 7.26. The number of aromatic nitrogens is 3. The minimum Gasteiger partial charge on any atom is -0.353 e. The second-order valence-electron chi connectivity index (χ2n) is 4.36. The summed E-state index contributed by atoms with van der Waals surface area (Å²) in [5.41, 5.74) is 0. The van der Waals surface area contributed by atoms with Crippen molar-refractivity contribution < 1.29 is 4.39 Å². The molecule has 0 aromatic carbocycles. The Morgan fingerprint density at radius 3 is 2.26 bits per heavy atom. The number of pyridine rings is 1. The van der Waals surface area contributed by atoms with Crippen LogP contribution in [-0.4, -0.2) is 41.1 Å². The summed E-state index contributed by atoms with van der Waals surface area (Å²) >= 11 is 0. The molecular weight excluding hydrogens is 245 g/mol. The second kappa shape index (κ2) is 5.17. The van der Waals surface area contributed by atoms with Gasteiger partial charge >= 0.3 is 0 Å². The van der Waals surface area contributed by atoms with E-state index >= 15 is 0 Å². The van der Waals surface area contributed by atoms with Crippen LogP contribution in [0, 0.1) is 5.95 Å². The van der Waals surface area contributed by atoms with Crippen molar-refractivity contribution in [3.05, 3.63) is 42.7 Å². The van der Waals surface area contributed by atoms with Crippen molar-refractivity contribution in [2.45, 2.75) is 0 Å². The molecule has 3 rings (SSSR count). The summed E-state index contributed by atoms with van der Waals surface area (Å²) in [7, 11) is 0. The highest BCUT2D eigenvalue weighted by molar-refractivity contribution is 5.43. The van der Waals surface area contributed by atoms with Crippen LogP contribution in [0.1, 0.15) is 0 Å². The van der Waals surface area contributed by atoms with Gasteiger partial charge in [-0.05, 0) is 12.1 Å². The first-order valence-electron chi connectivity index (χ1n) is 6.21. The fraction of sp³-hybridized carbons (Fsp3) is 0.308. The molecule has 6 heteroatoms. The molecule has 3 heterocycles. The van der Waals surface area contributed by atoms with Gasteiger partial charge in [-0.25, -0.2) is 15.0 Å². The lowest BCUT2D eigenvalue weighted by atomic mass is 10.3. The fourth-order valence-corrected chi connectivity index (χ4v) is 2.20. The quantitative estimate of drug-likeness (QED) is 0.761. The summed E-state index contributed by atoms with van der Waals surface area (Å²) in [6.07, 6.45) is 3.05. The molecule has 0 radical (unpaired) electrons. The Balaban J connectivity index is 1.67. The van der Waals surface area contributed by atoms with E-state index in [0.717, 1.165) is 32.0 Å². The van der Waals surface area contributed by atoms with E-state index in [1.54, 1.807) is 6.20 Å². The highest BCUT2D eigenvalue weighted by atomic mass is 19.1. The van der Waals surface area contributed by atoms with E-state index in [1.807, 2.05) is 18.2 Å². The van der Waals surface area contributed by atoms with Gasteiger partial charge < -0.3 is 9.80 Å². The van der Waals surface area contributed by atoms with Gasteiger partial charge in [0, 0.05) is 38.4 Å². The van der Waals surface area contributed by atoms with Crippen LogP contribution in [0.4, 0.5) is 16.0 Å². The minimum absolute atomic E-state index is 0.489. The van der Waals surface area contributed by atoms with Crippen molar-refractivity contribution in [1.29, 1.82) is 0 Å². The van der Waals surface area contributed by atoms with Crippen LogP contribution in [0.15, 0.2) is 36.8 Å². The van der Waals surface area contributed by atoms with E-state index in [0.29, 0.717) is 5.82 Å². The molecule has 98 valence electrons. The van der Waals surface area contributed by atoms with Crippen LogP contribution in [-0.2, 0) is 0 Å². The number of rotatable bonds is 2. The molecule has 1 saturated heterocycles. The van der Waals surface area contributed by atoms with Crippen molar-refractivity contribution in [2.24, 2.45) is 0 Å². The molecule has 0 unspecified atom stereocenters. The molecule has 0 N–H and O–H groups in total. The average Bonchev–Trinajstić information content (AvgIpc) is 2.48. The Bertz CT molecular complexity index is 540. The van der Waals surface area contributed by atoms with Crippen LogP contribution >= 0.6 is 0 Å². The maximum atomic E-state index is 13.1. The van der Waals surface area contributed by atoms with E-state index in [2.05, 4.69) is 24.8 Å². The zero-order valence-electron chi connectivity index (χ0n) is 10.4. The summed E-state index contributed by atoms with van der Waals surface area (Å²) < 4.78 is 13.1. The Morgan fingerprint density at radius 1 is 0.895 bits per heavy atom.